The van der Waals surface area contributed by atoms with E-state index < -0.39 is 11.7 Å². The first-order chi connectivity index (χ1) is 14.7. The van der Waals surface area contributed by atoms with Crippen molar-refractivity contribution in [2.24, 2.45) is 10.9 Å². The van der Waals surface area contributed by atoms with E-state index in [9.17, 15) is 18.0 Å². The van der Waals surface area contributed by atoms with Crippen molar-refractivity contribution in [3.8, 4) is 0 Å². The molecule has 2 aliphatic heterocycles. The van der Waals surface area contributed by atoms with E-state index in [0.29, 0.717) is 17.4 Å². The highest BCUT2D eigenvalue weighted by atomic mass is 19.4. The minimum Gasteiger partial charge on any atom is -0.347 e. The summed E-state index contributed by atoms with van der Waals surface area (Å²) in [5.74, 6) is 1.03. The number of halogens is 3. The minimum absolute atomic E-state index is 0.0837. The molecule has 2 aliphatic rings. The zero-order chi connectivity index (χ0) is 22.4. The molecule has 3 rings (SSSR count). The molecular weight excluding hydrogens is 407 g/mol. The fraction of sp³-hybridized carbons (Fsp3) is 0.636. The van der Waals surface area contributed by atoms with Crippen LogP contribution in [0.3, 0.4) is 0 Å². The molecule has 0 spiro atoms. The number of amides is 1. The largest absolute Gasteiger partial charge is 0.416 e. The molecule has 1 atom stereocenters. The second-order valence-electron chi connectivity index (χ2n) is 8.59. The Bertz CT molecular complexity index is 775. The molecule has 6 nitrogen and oxygen atoms in total. The number of nitrogens with one attached hydrogen (secondary N) is 1. The van der Waals surface area contributed by atoms with Gasteiger partial charge in [-0.1, -0.05) is 12.1 Å². The number of guanidine groups is 1. The Labute approximate surface area is 182 Å². The summed E-state index contributed by atoms with van der Waals surface area (Å²) in [6, 6.07) is 5.23. The normalized spacial score (nSPS) is 20.4. The average molecular weight is 440 g/mol. The quantitative estimate of drug-likeness (QED) is 0.547. The predicted octanol–water partition coefficient (Wildman–Crippen LogP) is 2.66. The molecule has 2 fully saturated rings. The number of benzene rings is 1. The van der Waals surface area contributed by atoms with Crippen LogP contribution in [-0.4, -0.2) is 79.9 Å². The van der Waals surface area contributed by atoms with Crippen LogP contribution in [0.2, 0.25) is 0 Å². The monoisotopic (exact) mass is 439 g/mol. The number of hydrogen-bond acceptors (Lipinski definition) is 3. The summed E-state index contributed by atoms with van der Waals surface area (Å²) in [7, 11) is 3.37. The lowest BCUT2D eigenvalue weighted by Crippen LogP contribution is -2.44. The number of aliphatic imine (C=N–C) groups is 1. The fourth-order valence-corrected chi connectivity index (χ4v) is 4.10. The highest BCUT2D eigenvalue weighted by Gasteiger charge is 2.30. The Morgan fingerprint density at radius 1 is 1.23 bits per heavy atom. The van der Waals surface area contributed by atoms with Crippen LogP contribution in [0.4, 0.5) is 13.2 Å². The lowest BCUT2D eigenvalue weighted by molar-refractivity contribution is -0.137. The molecule has 172 valence electrons. The fourth-order valence-electron chi connectivity index (χ4n) is 4.10. The molecule has 0 radical (unpaired) electrons. The smallest absolute Gasteiger partial charge is 0.347 e. The highest BCUT2D eigenvalue weighted by molar-refractivity contribution is 5.86. The molecule has 2 heterocycles. The standard InChI is InChI=1S/C22H32F3N5O/c1-28(2)20(31)14-27-21(26-13-17-6-5-7-19(12-17)22(23,24)25)30-11-8-18(16-30)15-29-9-3-4-10-29/h5-7,12,18H,3-4,8-11,13-16H2,1-2H3,(H,26,27). The van der Waals surface area contributed by atoms with Gasteiger partial charge < -0.3 is 20.0 Å². The highest BCUT2D eigenvalue weighted by Crippen LogP contribution is 2.29. The summed E-state index contributed by atoms with van der Waals surface area (Å²) in [5.41, 5.74) is -0.190. The van der Waals surface area contributed by atoms with E-state index in [1.807, 2.05) is 0 Å². The van der Waals surface area contributed by atoms with E-state index in [0.717, 1.165) is 51.3 Å². The first-order valence-electron chi connectivity index (χ1n) is 10.8. The van der Waals surface area contributed by atoms with Gasteiger partial charge in [0, 0.05) is 33.7 Å². The number of hydrogen-bond donors (Lipinski definition) is 1. The van der Waals surface area contributed by atoms with Crippen molar-refractivity contribution < 1.29 is 18.0 Å². The zero-order valence-electron chi connectivity index (χ0n) is 18.3. The first-order valence-corrected chi connectivity index (χ1v) is 10.8. The van der Waals surface area contributed by atoms with Gasteiger partial charge in [-0.05, 0) is 56.0 Å². The number of carbonyl (C=O) groups is 1. The van der Waals surface area contributed by atoms with Gasteiger partial charge >= 0.3 is 6.18 Å². The number of likely N-dealkylation sites (N-methyl/N-ethyl adjacent to an activating group) is 1. The van der Waals surface area contributed by atoms with Crippen LogP contribution >= 0.6 is 0 Å². The van der Waals surface area contributed by atoms with E-state index in [-0.39, 0.29) is 19.0 Å². The van der Waals surface area contributed by atoms with Gasteiger partial charge in [0.2, 0.25) is 5.91 Å². The van der Waals surface area contributed by atoms with E-state index in [2.05, 4.69) is 20.1 Å². The Kier molecular flexibility index (Phi) is 7.80. The van der Waals surface area contributed by atoms with Gasteiger partial charge in [-0.15, -0.1) is 0 Å². The second-order valence-corrected chi connectivity index (χ2v) is 8.59. The maximum Gasteiger partial charge on any atom is 0.416 e. The molecule has 1 unspecified atom stereocenters. The van der Waals surface area contributed by atoms with E-state index in [1.54, 1.807) is 20.2 Å². The molecule has 1 aromatic rings. The van der Waals surface area contributed by atoms with Gasteiger partial charge in [0.05, 0.1) is 18.7 Å². The van der Waals surface area contributed by atoms with Crippen molar-refractivity contribution in [1.29, 1.82) is 0 Å². The molecule has 1 amide bonds. The summed E-state index contributed by atoms with van der Waals surface area (Å²) in [5, 5.41) is 3.12. The Hall–Kier alpha value is -2.29. The Morgan fingerprint density at radius 3 is 2.65 bits per heavy atom. The summed E-state index contributed by atoms with van der Waals surface area (Å²) in [6.07, 6.45) is -0.818. The van der Waals surface area contributed by atoms with Gasteiger partial charge in [0.25, 0.3) is 0 Å². The third-order valence-corrected chi connectivity index (χ3v) is 5.86. The Morgan fingerprint density at radius 2 is 1.97 bits per heavy atom. The van der Waals surface area contributed by atoms with Crippen LogP contribution in [0.1, 0.15) is 30.4 Å². The van der Waals surface area contributed by atoms with Crippen LogP contribution in [0.25, 0.3) is 0 Å². The molecular formula is C22H32F3N5O. The predicted molar refractivity (Wildman–Crippen MR) is 115 cm³/mol. The molecule has 1 N–H and O–H groups in total. The molecule has 0 saturated carbocycles. The third kappa shape index (κ3) is 6.85. The Balaban J connectivity index is 1.68. The van der Waals surface area contributed by atoms with Crippen LogP contribution in [0.5, 0.6) is 0 Å². The average Bonchev–Trinajstić information content (AvgIpc) is 3.40. The van der Waals surface area contributed by atoms with Gasteiger partial charge in [-0.2, -0.15) is 13.2 Å². The number of rotatable bonds is 6. The summed E-state index contributed by atoms with van der Waals surface area (Å²) >= 11 is 0. The van der Waals surface area contributed by atoms with Crippen LogP contribution in [0.15, 0.2) is 29.3 Å². The first kappa shape index (κ1) is 23.4. The lowest BCUT2D eigenvalue weighted by atomic mass is 10.1. The number of likely N-dealkylation sites (tertiary alicyclic amines) is 2. The molecule has 1 aromatic carbocycles. The zero-order valence-corrected chi connectivity index (χ0v) is 18.3. The van der Waals surface area contributed by atoms with Gasteiger partial charge in [0.1, 0.15) is 0 Å². The van der Waals surface area contributed by atoms with Crippen molar-refractivity contribution in [3.05, 3.63) is 35.4 Å². The summed E-state index contributed by atoms with van der Waals surface area (Å²) in [4.78, 5) is 22.7. The maximum atomic E-state index is 13.0. The molecule has 2 saturated heterocycles. The topological polar surface area (TPSA) is 51.2 Å². The third-order valence-electron chi connectivity index (χ3n) is 5.86. The molecule has 0 aromatic heterocycles. The summed E-state index contributed by atoms with van der Waals surface area (Å²) in [6.45, 7) is 5.25. The second kappa shape index (κ2) is 10.3. The van der Waals surface area contributed by atoms with Crippen molar-refractivity contribution in [1.82, 2.24) is 20.0 Å². The van der Waals surface area contributed by atoms with E-state index in [4.69, 9.17) is 0 Å². The van der Waals surface area contributed by atoms with Crippen LogP contribution in [-0.2, 0) is 17.5 Å². The van der Waals surface area contributed by atoms with Gasteiger partial charge in [-0.25, -0.2) is 4.99 Å². The maximum absolute atomic E-state index is 13.0. The summed E-state index contributed by atoms with van der Waals surface area (Å²) < 4.78 is 39.0. The van der Waals surface area contributed by atoms with Crippen molar-refractivity contribution in [3.63, 3.8) is 0 Å². The molecule has 31 heavy (non-hydrogen) atoms. The number of carbonyl (C=O) groups excluding carboxylic acids is 1. The molecule has 9 heteroatoms. The number of nitrogens with zero attached hydrogens (tertiary/aromatic N) is 4. The van der Waals surface area contributed by atoms with Gasteiger partial charge in [-0.3, -0.25) is 4.79 Å². The van der Waals surface area contributed by atoms with Crippen molar-refractivity contribution in [2.75, 3.05) is 53.4 Å². The van der Waals surface area contributed by atoms with E-state index in [1.165, 1.54) is 23.8 Å². The van der Waals surface area contributed by atoms with E-state index >= 15 is 0 Å². The van der Waals surface area contributed by atoms with Crippen molar-refractivity contribution >= 4 is 11.9 Å². The SMILES string of the molecule is CN(C)C(=O)CNC(=NCc1cccc(C(F)(F)F)c1)N1CCC(CN2CCCC2)C1. The number of alkyl halides is 3. The van der Waals surface area contributed by atoms with Gasteiger partial charge in [0.15, 0.2) is 5.96 Å². The lowest BCUT2D eigenvalue weighted by Gasteiger charge is -2.24. The molecule has 0 aliphatic carbocycles. The van der Waals surface area contributed by atoms with Crippen LogP contribution in [0, 0.1) is 5.92 Å². The minimum atomic E-state index is -4.38. The molecule has 0 bridgehead atoms. The van der Waals surface area contributed by atoms with Crippen molar-refractivity contribution in [2.45, 2.75) is 32.0 Å². The van der Waals surface area contributed by atoms with Crippen LogP contribution < -0.4 is 5.32 Å².